The Balaban J connectivity index is 5.63. The van der Waals surface area contributed by atoms with E-state index in [1.165, 1.54) is 89.9 Å². The standard InChI is InChI=1S/C25H57N3OSi/c1-10-18-26(6)21-15-25(16-22-27(7)19-11-2,17-23-28(8)20-12-3)24-30(9,14-5)29-13-4/h10-24H2,1-9H3. The molecule has 4 nitrogen and oxygen atoms in total. The quantitative estimate of drug-likeness (QED) is 0.221. The molecule has 182 valence electrons. The van der Waals surface area contributed by atoms with Crippen LogP contribution in [0.3, 0.4) is 0 Å². The molecule has 0 N–H and O–H groups in total. The zero-order valence-corrected chi connectivity index (χ0v) is 23.4. The SMILES string of the molecule is CCCN(C)CCC(CCN(C)CCC)(CCN(C)CCC)C[Si](C)(CC)OCC. The molecule has 0 aromatic carbocycles. The van der Waals surface area contributed by atoms with Gasteiger partial charge in [-0.25, -0.2) is 0 Å². The molecular formula is C25H57N3OSi. The monoisotopic (exact) mass is 443 g/mol. The van der Waals surface area contributed by atoms with E-state index in [0.29, 0.717) is 5.41 Å². The van der Waals surface area contributed by atoms with Crippen LogP contribution >= 0.6 is 0 Å². The van der Waals surface area contributed by atoms with E-state index >= 15 is 0 Å². The summed E-state index contributed by atoms with van der Waals surface area (Å²) in [6, 6.07) is 2.53. The first kappa shape index (κ1) is 30.1. The number of nitrogens with zero attached hydrogens (tertiary/aromatic N) is 3. The molecule has 0 aliphatic heterocycles. The zero-order chi connectivity index (χ0) is 23.0. The van der Waals surface area contributed by atoms with Gasteiger partial charge in [0.1, 0.15) is 0 Å². The first-order valence-electron chi connectivity index (χ1n) is 12.9. The Hall–Kier alpha value is 0.0569. The van der Waals surface area contributed by atoms with E-state index in [4.69, 9.17) is 4.43 Å². The van der Waals surface area contributed by atoms with E-state index in [9.17, 15) is 0 Å². The van der Waals surface area contributed by atoms with Crippen molar-refractivity contribution in [2.45, 2.75) is 91.8 Å². The Morgan fingerprint density at radius 3 is 1.27 bits per heavy atom. The molecule has 1 unspecified atom stereocenters. The Morgan fingerprint density at radius 1 is 0.633 bits per heavy atom. The van der Waals surface area contributed by atoms with Gasteiger partial charge in [0.2, 0.25) is 0 Å². The lowest BCUT2D eigenvalue weighted by Gasteiger charge is -2.43. The van der Waals surface area contributed by atoms with E-state index in [1.807, 2.05) is 0 Å². The molecule has 0 fully saturated rings. The molecule has 0 aliphatic carbocycles. The molecule has 0 amide bonds. The molecular weight excluding hydrogens is 386 g/mol. The van der Waals surface area contributed by atoms with Crippen molar-refractivity contribution < 1.29 is 4.43 Å². The fraction of sp³-hybridized carbons (Fsp3) is 1.00. The first-order valence-corrected chi connectivity index (χ1v) is 15.7. The highest BCUT2D eigenvalue weighted by Crippen LogP contribution is 2.42. The molecule has 0 aromatic heterocycles. The Morgan fingerprint density at radius 2 is 1.00 bits per heavy atom. The van der Waals surface area contributed by atoms with Crippen LogP contribution in [0.2, 0.25) is 18.6 Å². The molecule has 0 heterocycles. The normalized spacial score (nSPS) is 14.8. The van der Waals surface area contributed by atoms with Crippen LogP contribution in [0.15, 0.2) is 0 Å². The summed E-state index contributed by atoms with van der Waals surface area (Å²) in [6.07, 6.45) is 7.63. The Bertz CT molecular complexity index is 369. The number of hydrogen-bond acceptors (Lipinski definition) is 4. The lowest BCUT2D eigenvalue weighted by Crippen LogP contribution is -2.44. The second-order valence-corrected chi connectivity index (χ2v) is 14.3. The average molecular weight is 444 g/mol. The molecule has 0 radical (unpaired) electrons. The maximum atomic E-state index is 6.50. The summed E-state index contributed by atoms with van der Waals surface area (Å²) in [5.41, 5.74) is 0.387. The summed E-state index contributed by atoms with van der Waals surface area (Å²) in [4.78, 5) is 7.64. The predicted octanol–water partition coefficient (Wildman–Crippen LogP) is 5.80. The van der Waals surface area contributed by atoms with Crippen LogP contribution in [-0.4, -0.2) is 90.0 Å². The van der Waals surface area contributed by atoms with Crippen molar-refractivity contribution >= 4 is 8.32 Å². The van der Waals surface area contributed by atoms with Crippen molar-refractivity contribution in [1.29, 1.82) is 0 Å². The molecule has 0 saturated heterocycles. The van der Waals surface area contributed by atoms with Gasteiger partial charge in [-0.05, 0) is 130 Å². The van der Waals surface area contributed by atoms with E-state index in [0.717, 1.165) is 6.61 Å². The highest BCUT2D eigenvalue weighted by Gasteiger charge is 2.40. The van der Waals surface area contributed by atoms with Gasteiger partial charge in [0.05, 0.1) is 0 Å². The summed E-state index contributed by atoms with van der Waals surface area (Å²) >= 11 is 0. The molecule has 0 spiro atoms. The molecule has 30 heavy (non-hydrogen) atoms. The molecule has 0 bridgehead atoms. The predicted molar refractivity (Wildman–Crippen MR) is 138 cm³/mol. The third-order valence-electron chi connectivity index (χ3n) is 6.88. The van der Waals surface area contributed by atoms with Crippen LogP contribution in [-0.2, 0) is 4.43 Å². The smallest absolute Gasteiger partial charge is 0.190 e. The van der Waals surface area contributed by atoms with Gasteiger partial charge in [-0.15, -0.1) is 0 Å². The van der Waals surface area contributed by atoms with Crippen LogP contribution in [0.25, 0.3) is 0 Å². The minimum atomic E-state index is -1.69. The van der Waals surface area contributed by atoms with Crippen molar-refractivity contribution in [1.82, 2.24) is 14.7 Å². The maximum Gasteiger partial charge on any atom is 0.190 e. The van der Waals surface area contributed by atoms with E-state index in [1.54, 1.807) is 0 Å². The van der Waals surface area contributed by atoms with Crippen LogP contribution in [0.5, 0.6) is 0 Å². The van der Waals surface area contributed by atoms with Crippen LogP contribution in [0.4, 0.5) is 0 Å². The Kier molecular flexibility index (Phi) is 16.7. The molecule has 0 rings (SSSR count). The van der Waals surface area contributed by atoms with Gasteiger partial charge >= 0.3 is 0 Å². The highest BCUT2D eigenvalue weighted by atomic mass is 28.4. The fourth-order valence-electron chi connectivity index (χ4n) is 4.82. The van der Waals surface area contributed by atoms with Gasteiger partial charge in [0.15, 0.2) is 8.32 Å². The van der Waals surface area contributed by atoms with Crippen molar-refractivity contribution in [2.75, 3.05) is 67.0 Å². The maximum absolute atomic E-state index is 6.50. The summed E-state index contributed by atoms with van der Waals surface area (Å²) in [5.74, 6) is 0. The molecule has 0 aliphatic rings. The van der Waals surface area contributed by atoms with Crippen molar-refractivity contribution in [3.8, 4) is 0 Å². The van der Waals surface area contributed by atoms with Crippen molar-refractivity contribution in [3.63, 3.8) is 0 Å². The first-order chi connectivity index (χ1) is 14.2. The Labute approximate surface area is 191 Å². The van der Waals surface area contributed by atoms with Gasteiger partial charge in [-0.1, -0.05) is 27.7 Å². The zero-order valence-electron chi connectivity index (χ0n) is 22.4. The van der Waals surface area contributed by atoms with E-state index in [2.05, 4.69) is 77.0 Å². The minimum absolute atomic E-state index is 0.387. The molecule has 5 heteroatoms. The highest BCUT2D eigenvalue weighted by molar-refractivity contribution is 6.72. The van der Waals surface area contributed by atoms with Crippen molar-refractivity contribution in [2.24, 2.45) is 5.41 Å². The van der Waals surface area contributed by atoms with Crippen LogP contribution in [0, 0.1) is 5.41 Å². The largest absolute Gasteiger partial charge is 0.417 e. The van der Waals surface area contributed by atoms with Gasteiger partial charge in [0, 0.05) is 6.61 Å². The molecule has 0 aromatic rings. The third kappa shape index (κ3) is 12.8. The summed E-state index contributed by atoms with van der Waals surface area (Å²) < 4.78 is 6.50. The molecule has 1 atom stereocenters. The van der Waals surface area contributed by atoms with Crippen LogP contribution < -0.4 is 0 Å². The number of hydrogen-bond donors (Lipinski definition) is 0. The summed E-state index contributed by atoms with van der Waals surface area (Å²) in [6.45, 7) is 22.0. The number of rotatable bonds is 20. The van der Waals surface area contributed by atoms with Gasteiger partial charge in [-0.2, -0.15) is 0 Å². The summed E-state index contributed by atoms with van der Waals surface area (Å²) in [7, 11) is 5.23. The lowest BCUT2D eigenvalue weighted by molar-refractivity contribution is 0.148. The van der Waals surface area contributed by atoms with Gasteiger partial charge in [-0.3, -0.25) is 0 Å². The average Bonchev–Trinajstić information content (AvgIpc) is 2.70. The fourth-order valence-corrected chi connectivity index (χ4v) is 8.19. The second-order valence-electron chi connectivity index (χ2n) is 10.1. The van der Waals surface area contributed by atoms with Crippen molar-refractivity contribution in [3.05, 3.63) is 0 Å². The second kappa shape index (κ2) is 16.7. The lowest BCUT2D eigenvalue weighted by atomic mass is 9.79. The van der Waals surface area contributed by atoms with E-state index in [-0.39, 0.29) is 0 Å². The summed E-state index contributed by atoms with van der Waals surface area (Å²) in [5, 5.41) is 0. The van der Waals surface area contributed by atoms with Crippen LogP contribution in [0.1, 0.15) is 73.1 Å². The minimum Gasteiger partial charge on any atom is -0.417 e. The third-order valence-corrected chi connectivity index (χ3v) is 10.9. The van der Waals surface area contributed by atoms with E-state index < -0.39 is 8.32 Å². The topological polar surface area (TPSA) is 19.0 Å². The molecule has 0 saturated carbocycles. The van der Waals surface area contributed by atoms with Gasteiger partial charge < -0.3 is 19.1 Å². The van der Waals surface area contributed by atoms with Gasteiger partial charge in [0.25, 0.3) is 0 Å².